The van der Waals surface area contributed by atoms with Gasteiger partial charge in [0.05, 0.1) is 33.8 Å². The molecule has 5 nitrogen and oxygen atoms in total. The summed E-state index contributed by atoms with van der Waals surface area (Å²) in [7, 11) is 0. The summed E-state index contributed by atoms with van der Waals surface area (Å²) in [6.45, 7) is 34.5. The molecule has 0 radical (unpaired) electrons. The maximum Gasteiger partial charge on any atom is 0.269 e. The molecule has 3 aromatic heterocycles. The van der Waals surface area contributed by atoms with Gasteiger partial charge in [0, 0.05) is 39.3 Å². The summed E-state index contributed by atoms with van der Waals surface area (Å²) >= 11 is 0. The lowest BCUT2D eigenvalue weighted by Gasteiger charge is -2.35. The van der Waals surface area contributed by atoms with Gasteiger partial charge >= 0.3 is 0 Å². The molecule has 0 N–H and O–H groups in total. The Morgan fingerprint density at radius 2 is 0.974 bits per heavy atom. The van der Waals surface area contributed by atoms with Crippen molar-refractivity contribution in [3.63, 3.8) is 0 Å². The fourth-order valence-electron chi connectivity index (χ4n) is 11.1. The van der Waals surface area contributed by atoms with E-state index in [0.717, 1.165) is 62.1 Å². The van der Waals surface area contributed by atoms with Crippen molar-refractivity contribution < 1.29 is 9.30 Å². The van der Waals surface area contributed by atoms with Gasteiger partial charge in [-0.25, -0.2) is 4.98 Å². The van der Waals surface area contributed by atoms with Crippen LogP contribution in [0.25, 0.3) is 39.0 Å². The maximum absolute atomic E-state index is 7.22. The molecule has 0 saturated heterocycles. The number of ether oxygens (including phenoxy) is 1. The molecule has 10 rings (SSSR count). The Hall–Kier alpha value is -7.50. The zero-order chi connectivity index (χ0) is 54.2. The van der Waals surface area contributed by atoms with Gasteiger partial charge in [0.15, 0.2) is 0 Å². The normalized spacial score (nSPS) is 12.9. The van der Waals surface area contributed by atoms with E-state index < -0.39 is 10.8 Å². The summed E-state index contributed by atoms with van der Waals surface area (Å²) in [4.78, 5) is 5.03. The number of aromatic nitrogens is 4. The van der Waals surface area contributed by atoms with Crippen molar-refractivity contribution in [2.45, 2.75) is 136 Å². The Labute approximate surface area is 452 Å². The van der Waals surface area contributed by atoms with E-state index in [0.29, 0.717) is 0 Å². The summed E-state index contributed by atoms with van der Waals surface area (Å²) in [6.07, 6.45) is 6.03. The minimum atomic E-state index is -0.506. The molecule has 0 aliphatic heterocycles. The first-order valence-corrected chi connectivity index (χ1v) is 27.1. The number of fused-ring (bicyclic) bond motifs is 3. The summed E-state index contributed by atoms with van der Waals surface area (Å²) in [5, 5.41) is 2.35. The first-order valence-electron chi connectivity index (χ1n) is 27.1. The second-order valence-corrected chi connectivity index (χ2v) is 25.7. The quantitative estimate of drug-likeness (QED) is 0.0956. The summed E-state index contributed by atoms with van der Waals surface area (Å²) < 4.78 is 14.2. The SMILES string of the molecule is CC(C)(C)c1cc(Oc2ccc3c4cc(C(C)(C)C)ccc4n(-c4cc(C(C)(C)C)ccn4)c3c2)cc(-n2[c-][n+](-c3cccc(C(C)(C)c4ccccc4)c3)c(C(C)(C)c3ccccc3)c2C(C)(C)c2ccccc2)c1. The molecule has 0 saturated carbocycles. The lowest BCUT2D eigenvalue weighted by Crippen LogP contribution is -2.43. The third-order valence-corrected chi connectivity index (χ3v) is 16.1. The molecular formula is C71H76N4O. The van der Waals surface area contributed by atoms with Gasteiger partial charge in [-0.2, -0.15) is 0 Å². The van der Waals surface area contributed by atoms with Crippen molar-refractivity contribution >= 4 is 21.8 Å². The predicted octanol–water partition coefficient (Wildman–Crippen LogP) is 17.7. The predicted molar refractivity (Wildman–Crippen MR) is 317 cm³/mol. The van der Waals surface area contributed by atoms with E-state index in [4.69, 9.17) is 9.72 Å². The standard InChI is InChI=1S/C71H76N4O/c1-66(2,3)51-34-37-61-60(43-51)59-36-35-57(46-62(59)75(61)63-44-52(38-39-72-63)67(4,5)6)76-58-42-54(68(7,8)9)41-56(45-58)74-47-73(55-33-25-32-53(40-55)69(10,11)48-26-19-16-20-27-48)64(70(12,13)49-28-21-17-22-29-49)65(74)71(14,15)50-30-23-18-24-31-50/h16-46H,1-15H3. The largest absolute Gasteiger partial charge is 0.458 e. The van der Waals surface area contributed by atoms with Crippen molar-refractivity contribution in [1.29, 1.82) is 0 Å². The van der Waals surface area contributed by atoms with Crippen molar-refractivity contribution in [3.05, 3.63) is 245 Å². The second kappa shape index (κ2) is 19.0. The molecule has 0 fully saturated rings. The molecule has 0 aliphatic carbocycles. The highest BCUT2D eigenvalue weighted by atomic mass is 16.5. The van der Waals surface area contributed by atoms with Crippen LogP contribution < -0.4 is 9.30 Å². The van der Waals surface area contributed by atoms with Crippen LogP contribution in [-0.4, -0.2) is 14.1 Å². The van der Waals surface area contributed by atoms with E-state index in [2.05, 4.69) is 306 Å². The molecule has 7 aromatic carbocycles. The Kier molecular flexibility index (Phi) is 13.0. The van der Waals surface area contributed by atoms with Crippen LogP contribution in [0.2, 0.25) is 0 Å². The monoisotopic (exact) mass is 1000 g/mol. The van der Waals surface area contributed by atoms with Gasteiger partial charge in [-0.1, -0.05) is 213 Å². The van der Waals surface area contributed by atoms with Crippen molar-refractivity contribution in [3.8, 4) is 28.7 Å². The second-order valence-electron chi connectivity index (χ2n) is 25.7. The highest BCUT2D eigenvalue weighted by Gasteiger charge is 2.40. The van der Waals surface area contributed by atoms with Crippen molar-refractivity contribution in [2.24, 2.45) is 0 Å². The highest BCUT2D eigenvalue weighted by molar-refractivity contribution is 6.09. The van der Waals surface area contributed by atoms with E-state index in [9.17, 15) is 0 Å². The number of hydrogen-bond donors (Lipinski definition) is 0. The molecule has 0 bridgehead atoms. The maximum atomic E-state index is 7.22. The van der Waals surface area contributed by atoms with Gasteiger partial charge in [-0.15, -0.1) is 0 Å². The number of nitrogens with zero attached hydrogens (tertiary/aromatic N) is 4. The molecule has 386 valence electrons. The smallest absolute Gasteiger partial charge is 0.269 e. The highest BCUT2D eigenvalue weighted by Crippen LogP contribution is 2.44. The Bertz CT molecular complexity index is 3740. The number of imidazole rings is 1. The van der Waals surface area contributed by atoms with E-state index in [-0.39, 0.29) is 21.7 Å². The average molecular weight is 1000 g/mol. The number of benzene rings is 7. The topological polar surface area (TPSA) is 35.9 Å². The number of pyridine rings is 1. The lowest BCUT2D eigenvalue weighted by atomic mass is 9.73. The third kappa shape index (κ3) is 9.59. The van der Waals surface area contributed by atoms with Crippen LogP contribution >= 0.6 is 0 Å². The van der Waals surface area contributed by atoms with Crippen LogP contribution in [0.3, 0.4) is 0 Å². The van der Waals surface area contributed by atoms with E-state index in [1.54, 1.807) is 0 Å². The fourth-order valence-corrected chi connectivity index (χ4v) is 11.1. The summed E-state index contributed by atoms with van der Waals surface area (Å²) in [5.41, 5.74) is 13.5. The molecule has 0 atom stereocenters. The first-order chi connectivity index (χ1) is 35.8. The molecule has 0 unspecified atom stereocenters. The van der Waals surface area contributed by atoms with Gasteiger partial charge in [0.2, 0.25) is 0 Å². The number of hydrogen-bond acceptors (Lipinski definition) is 2. The van der Waals surface area contributed by atoms with Crippen LogP contribution in [0.5, 0.6) is 11.5 Å². The Balaban J connectivity index is 1.21. The van der Waals surface area contributed by atoms with Crippen LogP contribution in [0.4, 0.5) is 0 Å². The first kappa shape index (κ1) is 52.0. The molecule has 0 amide bonds. The zero-order valence-corrected chi connectivity index (χ0v) is 47.6. The van der Waals surface area contributed by atoms with Crippen molar-refractivity contribution in [2.75, 3.05) is 0 Å². The molecule has 5 heteroatoms. The van der Waals surface area contributed by atoms with E-state index >= 15 is 0 Å². The molecule has 0 spiro atoms. The number of rotatable bonds is 11. The Morgan fingerprint density at radius 3 is 1.58 bits per heavy atom. The molecule has 76 heavy (non-hydrogen) atoms. The van der Waals surface area contributed by atoms with Gasteiger partial charge in [0.25, 0.3) is 6.33 Å². The molecule has 10 aromatic rings. The van der Waals surface area contributed by atoms with Gasteiger partial charge < -0.3 is 4.74 Å². The zero-order valence-electron chi connectivity index (χ0n) is 47.6. The van der Waals surface area contributed by atoms with E-state index in [1.807, 2.05) is 6.20 Å². The van der Waals surface area contributed by atoms with E-state index in [1.165, 1.54) is 38.8 Å². The lowest BCUT2D eigenvalue weighted by molar-refractivity contribution is -0.611. The van der Waals surface area contributed by atoms with Crippen LogP contribution in [0.15, 0.2) is 188 Å². The van der Waals surface area contributed by atoms with Crippen LogP contribution in [-0.2, 0) is 32.5 Å². The minimum absolute atomic E-state index is 0.0141. The third-order valence-electron chi connectivity index (χ3n) is 16.1. The fraction of sp³-hybridized carbons (Fsp3) is 0.296. The van der Waals surface area contributed by atoms with Crippen LogP contribution in [0, 0.1) is 6.33 Å². The Morgan fingerprint density at radius 1 is 0.408 bits per heavy atom. The minimum Gasteiger partial charge on any atom is -0.458 e. The average Bonchev–Trinajstić information content (AvgIpc) is 4.03. The summed E-state index contributed by atoms with van der Waals surface area (Å²) in [6, 6.07) is 66.4. The van der Waals surface area contributed by atoms with Crippen LogP contribution in [0.1, 0.15) is 154 Å². The molecular weight excluding hydrogens is 925 g/mol. The van der Waals surface area contributed by atoms with Gasteiger partial charge in [0.1, 0.15) is 17.3 Å². The van der Waals surface area contributed by atoms with Gasteiger partial charge in [-0.3, -0.25) is 13.7 Å². The molecule has 0 aliphatic rings. The van der Waals surface area contributed by atoms with Gasteiger partial charge in [-0.05, 0) is 122 Å². The summed E-state index contributed by atoms with van der Waals surface area (Å²) in [5.74, 6) is 2.38. The van der Waals surface area contributed by atoms with Crippen molar-refractivity contribution in [1.82, 2.24) is 14.1 Å². The molecule has 3 heterocycles.